The van der Waals surface area contributed by atoms with Gasteiger partial charge in [-0.05, 0) is 41.4 Å². The van der Waals surface area contributed by atoms with Crippen molar-refractivity contribution in [3.63, 3.8) is 0 Å². The highest BCUT2D eigenvalue weighted by molar-refractivity contribution is 9.10. The maximum absolute atomic E-state index is 4.69. The molecule has 0 N–H and O–H groups in total. The SMILES string of the molecule is Cc1nn(C)cc1-c1cn2cc(Br)cc(C)c2n1. The van der Waals surface area contributed by atoms with E-state index >= 15 is 0 Å². The molecule has 3 rings (SSSR count). The number of halogens is 1. The first kappa shape index (κ1) is 11.5. The molecule has 5 heteroatoms. The molecule has 0 spiro atoms. The second-order valence-corrected chi connectivity index (χ2v) is 5.42. The van der Waals surface area contributed by atoms with Gasteiger partial charge in [-0.2, -0.15) is 5.10 Å². The molecule has 0 atom stereocenters. The topological polar surface area (TPSA) is 35.1 Å². The second kappa shape index (κ2) is 3.95. The van der Waals surface area contributed by atoms with Crippen LogP contribution in [0.5, 0.6) is 0 Å². The largest absolute Gasteiger partial charge is 0.305 e. The molecule has 92 valence electrons. The molecule has 18 heavy (non-hydrogen) atoms. The Hall–Kier alpha value is -1.62. The Morgan fingerprint density at radius 3 is 2.61 bits per heavy atom. The van der Waals surface area contributed by atoms with E-state index in [1.165, 1.54) is 0 Å². The molecule has 0 saturated carbocycles. The molecule has 0 bridgehead atoms. The third-order valence-corrected chi connectivity index (χ3v) is 3.42. The van der Waals surface area contributed by atoms with Gasteiger partial charge in [0.05, 0.1) is 11.4 Å². The van der Waals surface area contributed by atoms with Gasteiger partial charge in [0.1, 0.15) is 5.65 Å². The van der Waals surface area contributed by atoms with Gasteiger partial charge in [-0.3, -0.25) is 4.68 Å². The fourth-order valence-corrected chi connectivity index (χ4v) is 2.77. The zero-order valence-electron chi connectivity index (χ0n) is 10.5. The van der Waals surface area contributed by atoms with Crippen molar-refractivity contribution in [2.75, 3.05) is 0 Å². The van der Waals surface area contributed by atoms with Crippen molar-refractivity contribution >= 4 is 21.6 Å². The predicted molar refractivity (Wildman–Crippen MR) is 74.6 cm³/mol. The second-order valence-electron chi connectivity index (χ2n) is 4.50. The third kappa shape index (κ3) is 1.75. The normalized spacial score (nSPS) is 11.3. The highest BCUT2D eigenvalue weighted by Crippen LogP contribution is 2.24. The lowest BCUT2D eigenvalue weighted by Crippen LogP contribution is -1.86. The molecule has 0 unspecified atom stereocenters. The number of hydrogen-bond acceptors (Lipinski definition) is 2. The van der Waals surface area contributed by atoms with E-state index in [4.69, 9.17) is 0 Å². The van der Waals surface area contributed by atoms with Gasteiger partial charge in [-0.25, -0.2) is 4.98 Å². The molecule has 4 nitrogen and oxygen atoms in total. The standard InChI is InChI=1S/C13H13BrN4/c1-8-4-10(14)5-18-7-12(15-13(8)18)11-6-17(3)16-9(11)2/h4-7H,1-3H3. The smallest absolute Gasteiger partial charge is 0.140 e. The summed E-state index contributed by atoms with van der Waals surface area (Å²) in [4.78, 5) is 4.69. The number of aryl methyl sites for hydroxylation is 3. The van der Waals surface area contributed by atoms with Crippen molar-refractivity contribution in [3.05, 3.63) is 40.4 Å². The van der Waals surface area contributed by atoms with Crippen molar-refractivity contribution in [1.82, 2.24) is 19.2 Å². The van der Waals surface area contributed by atoms with Crippen LogP contribution >= 0.6 is 15.9 Å². The Balaban J connectivity index is 2.25. The van der Waals surface area contributed by atoms with E-state index in [0.717, 1.165) is 32.6 Å². The average molecular weight is 305 g/mol. The van der Waals surface area contributed by atoms with Gasteiger partial charge in [-0.15, -0.1) is 0 Å². The number of hydrogen-bond donors (Lipinski definition) is 0. The Kier molecular flexibility index (Phi) is 2.52. The third-order valence-electron chi connectivity index (χ3n) is 2.99. The first-order valence-corrected chi connectivity index (χ1v) is 6.49. The summed E-state index contributed by atoms with van der Waals surface area (Å²) in [6, 6.07) is 2.07. The summed E-state index contributed by atoms with van der Waals surface area (Å²) in [6.45, 7) is 4.06. The van der Waals surface area contributed by atoms with E-state index in [2.05, 4.69) is 39.0 Å². The monoisotopic (exact) mass is 304 g/mol. The summed E-state index contributed by atoms with van der Waals surface area (Å²) in [6.07, 6.45) is 6.06. The molecule has 0 fully saturated rings. The minimum absolute atomic E-state index is 0.960. The maximum atomic E-state index is 4.69. The molecule has 3 heterocycles. The lowest BCUT2D eigenvalue weighted by molar-refractivity contribution is 0.756. The minimum Gasteiger partial charge on any atom is -0.305 e. The number of fused-ring (bicyclic) bond motifs is 1. The van der Waals surface area contributed by atoms with Gasteiger partial charge < -0.3 is 4.40 Å². The van der Waals surface area contributed by atoms with Gasteiger partial charge in [-0.1, -0.05) is 0 Å². The van der Waals surface area contributed by atoms with Crippen LogP contribution in [0.2, 0.25) is 0 Å². The highest BCUT2D eigenvalue weighted by Gasteiger charge is 2.11. The molecule has 3 aromatic rings. The van der Waals surface area contributed by atoms with Crippen molar-refractivity contribution in [3.8, 4) is 11.3 Å². The zero-order valence-corrected chi connectivity index (χ0v) is 12.1. The summed E-state index contributed by atoms with van der Waals surface area (Å²) in [5.41, 5.74) is 5.17. The number of nitrogens with zero attached hydrogens (tertiary/aromatic N) is 4. The number of aromatic nitrogens is 4. The van der Waals surface area contributed by atoms with Crippen LogP contribution < -0.4 is 0 Å². The van der Waals surface area contributed by atoms with E-state index in [1.54, 1.807) is 0 Å². The van der Waals surface area contributed by atoms with Crippen molar-refractivity contribution in [1.29, 1.82) is 0 Å². The molecule has 0 aromatic carbocycles. The lowest BCUT2D eigenvalue weighted by Gasteiger charge is -1.97. The van der Waals surface area contributed by atoms with Crippen LogP contribution in [0.1, 0.15) is 11.3 Å². The van der Waals surface area contributed by atoms with Crippen LogP contribution in [-0.2, 0) is 7.05 Å². The molecule has 0 radical (unpaired) electrons. The summed E-state index contributed by atoms with van der Waals surface area (Å²) >= 11 is 3.50. The Morgan fingerprint density at radius 2 is 1.94 bits per heavy atom. The molecule has 0 aliphatic rings. The van der Waals surface area contributed by atoms with Gasteiger partial charge in [0.15, 0.2) is 0 Å². The molecule has 3 aromatic heterocycles. The summed E-state index contributed by atoms with van der Waals surface area (Å²) in [5, 5.41) is 4.36. The summed E-state index contributed by atoms with van der Waals surface area (Å²) < 4.78 is 4.91. The summed E-state index contributed by atoms with van der Waals surface area (Å²) in [5.74, 6) is 0. The molecule has 0 saturated heterocycles. The average Bonchev–Trinajstić information content (AvgIpc) is 2.81. The van der Waals surface area contributed by atoms with Crippen molar-refractivity contribution in [2.45, 2.75) is 13.8 Å². The molecule has 0 amide bonds. The number of imidazole rings is 1. The van der Waals surface area contributed by atoms with Crippen LogP contribution in [0, 0.1) is 13.8 Å². The van der Waals surface area contributed by atoms with Gasteiger partial charge in [0.2, 0.25) is 0 Å². The van der Waals surface area contributed by atoms with E-state index in [0.29, 0.717) is 0 Å². The van der Waals surface area contributed by atoms with Crippen molar-refractivity contribution in [2.24, 2.45) is 7.05 Å². The predicted octanol–water partition coefficient (Wildman–Crippen LogP) is 3.11. The molecular weight excluding hydrogens is 292 g/mol. The van der Waals surface area contributed by atoms with E-state index in [-0.39, 0.29) is 0 Å². The minimum atomic E-state index is 0.960. The van der Waals surface area contributed by atoms with E-state index in [9.17, 15) is 0 Å². The van der Waals surface area contributed by atoms with E-state index < -0.39 is 0 Å². The summed E-state index contributed by atoms with van der Waals surface area (Å²) in [7, 11) is 1.92. The maximum Gasteiger partial charge on any atom is 0.140 e. The van der Waals surface area contributed by atoms with Gasteiger partial charge in [0, 0.05) is 35.7 Å². The first-order chi connectivity index (χ1) is 8.54. The Morgan fingerprint density at radius 1 is 1.17 bits per heavy atom. The molecule has 0 aliphatic carbocycles. The first-order valence-electron chi connectivity index (χ1n) is 5.70. The zero-order chi connectivity index (χ0) is 12.9. The van der Waals surface area contributed by atoms with Crippen molar-refractivity contribution < 1.29 is 0 Å². The Labute approximate surface area is 113 Å². The fraction of sp³-hybridized carbons (Fsp3) is 0.231. The fourth-order valence-electron chi connectivity index (χ4n) is 2.21. The van der Waals surface area contributed by atoms with E-state index in [1.807, 2.05) is 41.6 Å². The van der Waals surface area contributed by atoms with Crippen LogP contribution in [-0.4, -0.2) is 19.2 Å². The number of pyridine rings is 1. The lowest BCUT2D eigenvalue weighted by atomic mass is 10.2. The van der Waals surface area contributed by atoms with Crippen LogP contribution in [0.3, 0.4) is 0 Å². The van der Waals surface area contributed by atoms with Crippen LogP contribution in [0.25, 0.3) is 16.9 Å². The molecule has 0 aliphatic heterocycles. The Bertz CT molecular complexity index is 739. The van der Waals surface area contributed by atoms with Crippen LogP contribution in [0.15, 0.2) is 29.1 Å². The van der Waals surface area contributed by atoms with Crippen LogP contribution in [0.4, 0.5) is 0 Å². The van der Waals surface area contributed by atoms with Gasteiger partial charge in [0.25, 0.3) is 0 Å². The number of rotatable bonds is 1. The quantitative estimate of drug-likeness (QED) is 0.692. The van der Waals surface area contributed by atoms with Gasteiger partial charge >= 0.3 is 0 Å². The molecular formula is C13H13BrN4. The highest BCUT2D eigenvalue weighted by atomic mass is 79.9.